The number of anilines is 2. The number of amides is 4. The number of carbonyl (C=O) groups excluding carboxylic acids is 5. The zero-order chi connectivity index (χ0) is 74.1. The van der Waals surface area contributed by atoms with Crippen LogP contribution in [0, 0.1) is 16.2 Å². The summed E-state index contributed by atoms with van der Waals surface area (Å²) in [4.78, 5) is 92.8. The van der Waals surface area contributed by atoms with E-state index in [1.807, 2.05) is 159 Å². The molecule has 104 heavy (non-hydrogen) atoms. The van der Waals surface area contributed by atoms with Crippen LogP contribution in [0.4, 0.5) is 25.8 Å². The maximum atomic E-state index is 13.4. The second-order valence-corrected chi connectivity index (χ2v) is 33.3. The summed E-state index contributed by atoms with van der Waals surface area (Å²) in [6.07, 6.45) is 23.8. The lowest BCUT2D eigenvalue weighted by Crippen LogP contribution is -2.46. The first-order chi connectivity index (χ1) is 48.1. The summed E-state index contributed by atoms with van der Waals surface area (Å²) in [5.41, 5.74) is 13.2. The number of aryl methyl sites for hydroxylation is 2. The molecule has 22 nitrogen and oxygen atoms in total. The number of piperidine rings is 3. The standard InChI is InChI=1S/C28H36N4O3.C18H27N3O2.C13H24N2O2.C10H11NO2.C5H4BrN.C5H10O2.B.ClH/c1-27(2,3)35-26(34)30-24-7-6-20-4-5-21(18-23(20)24)25(33)31-15-10-28(11-16-31)12-17-32(19-28)22-8-13-29-14-9-22;1-17(2,3)23-16(22)20-11-6-18(7-12-20)8-13-21(14-18)15-4-9-19-10-5-15;1-12(2,3)17-11(16)15-8-5-13(6-9-15)4-7-14-10-13;11-9-4-3-6-1-2-7(10(12)13)5-8(6)9;6-5-1-3-7-4-2-5;1-5(2,3)7-4-6;;/h4-5,8-9,13-14,18,24H,6-7,10-12,15-17,19H2,1-3H3,(H,30,34);4-5,9-10H,6-8,11-14H2,1-3H3;14H,4-10H2,1-3H3;1-2,5,9H,3-4,11H2,(H,12,13);1-4H;4H,1-3H3;;1H. The van der Waals surface area contributed by atoms with Crippen LogP contribution in [0.3, 0.4) is 0 Å². The number of hydrogen-bond donors (Lipinski definition) is 4. The monoisotopic (exact) mass is 1520 g/mol. The van der Waals surface area contributed by atoms with Gasteiger partial charge in [0.1, 0.15) is 22.4 Å². The van der Waals surface area contributed by atoms with Crippen molar-refractivity contribution in [2.24, 2.45) is 22.0 Å². The number of benzene rings is 2. The van der Waals surface area contributed by atoms with Gasteiger partial charge in [-0.3, -0.25) is 24.5 Å². The highest BCUT2D eigenvalue weighted by molar-refractivity contribution is 9.10. The minimum absolute atomic E-state index is 0. The Morgan fingerprint density at radius 1 is 0.548 bits per heavy atom. The average Bonchev–Trinajstić information content (AvgIpc) is 1.63. The Labute approximate surface area is 633 Å². The number of hydrogen-bond acceptors (Lipinski definition) is 17. The normalized spacial score (nSPS) is 19.5. The number of ether oxygens (including phenoxy) is 4. The van der Waals surface area contributed by atoms with Gasteiger partial charge in [0, 0.05) is 145 Å². The van der Waals surface area contributed by atoms with Gasteiger partial charge in [0.15, 0.2) is 0 Å². The van der Waals surface area contributed by atoms with Crippen molar-refractivity contribution in [2.75, 3.05) is 88.3 Å². The molecule has 3 radical (unpaired) electrons. The summed E-state index contributed by atoms with van der Waals surface area (Å²) >= 11 is 3.27. The third-order valence-electron chi connectivity index (χ3n) is 20.0. The molecule has 13 rings (SSSR count). The molecule has 2 aliphatic carbocycles. The van der Waals surface area contributed by atoms with E-state index >= 15 is 0 Å². The molecular weight excluding hydrogens is 1410 g/mol. The van der Waals surface area contributed by atoms with Crippen LogP contribution in [-0.4, -0.2) is 181 Å². The van der Waals surface area contributed by atoms with E-state index in [1.54, 1.807) is 24.5 Å². The van der Waals surface area contributed by atoms with Crippen molar-refractivity contribution in [1.29, 1.82) is 0 Å². The number of nitrogens with two attached hydrogens (primary N) is 1. The van der Waals surface area contributed by atoms with Crippen LogP contribution in [0.1, 0.15) is 209 Å². The summed E-state index contributed by atoms with van der Waals surface area (Å²) in [5, 5.41) is 15.2. The molecule has 2 aromatic carbocycles. The summed E-state index contributed by atoms with van der Waals surface area (Å²) in [6.45, 7) is 34.4. The number of fused-ring (bicyclic) bond motifs is 2. The van der Waals surface area contributed by atoms with Crippen molar-refractivity contribution in [3.05, 3.63) is 148 Å². The number of carboxylic acid groups (broad SMARTS) is 1. The summed E-state index contributed by atoms with van der Waals surface area (Å²) in [5.74, 6) is -0.795. The average molecular weight is 1520 g/mol. The Hall–Kier alpha value is -7.54. The molecule has 8 aliphatic rings. The third kappa shape index (κ3) is 25.9. The third-order valence-corrected chi connectivity index (χ3v) is 20.6. The smallest absolute Gasteiger partial charge is 0.410 e. The topological polar surface area (TPSA) is 265 Å². The van der Waals surface area contributed by atoms with Gasteiger partial charge in [-0.05, 0) is 272 Å². The lowest BCUT2D eigenvalue weighted by molar-refractivity contribution is -0.138. The van der Waals surface area contributed by atoms with Gasteiger partial charge >= 0.3 is 24.2 Å². The summed E-state index contributed by atoms with van der Waals surface area (Å²) < 4.78 is 21.9. The van der Waals surface area contributed by atoms with Crippen molar-refractivity contribution in [3.63, 3.8) is 0 Å². The molecule has 6 saturated heterocycles. The maximum Gasteiger partial charge on any atom is 0.410 e. The molecule has 0 bridgehead atoms. The Kier molecular flexibility index (Phi) is 30.9. The van der Waals surface area contributed by atoms with Gasteiger partial charge in [0.2, 0.25) is 0 Å². The Morgan fingerprint density at radius 3 is 1.37 bits per heavy atom. The van der Waals surface area contributed by atoms with Crippen LogP contribution >= 0.6 is 28.3 Å². The minimum atomic E-state index is -0.887. The van der Waals surface area contributed by atoms with E-state index < -0.39 is 23.3 Å². The van der Waals surface area contributed by atoms with Gasteiger partial charge in [-0.2, -0.15) is 0 Å². The van der Waals surface area contributed by atoms with Gasteiger partial charge < -0.3 is 64.9 Å². The molecule has 3 aromatic heterocycles. The number of likely N-dealkylation sites (tertiary alicyclic amines) is 3. The van der Waals surface area contributed by atoms with E-state index in [-0.39, 0.29) is 62.2 Å². The SMILES string of the molecule is Brc1ccncc1.CC(C)(C)OC(=O)N1CCC2(CC1)CCN(c1ccncc1)C2.CC(C)(C)OC(=O)N1CCC2(CCNC2)CC1.CC(C)(C)OC(=O)NC1CCc2ccc(C(=O)N3CCC4(CC3)CCN(c3ccncc3)C4)cc21.CC(C)(C)OC=O.Cl.NC1CCc2ccc(C(=O)O)cc21.[B]. The maximum absolute atomic E-state index is 13.4. The van der Waals surface area contributed by atoms with Crippen LogP contribution in [0.2, 0.25) is 0 Å². The fourth-order valence-corrected chi connectivity index (χ4v) is 14.6. The van der Waals surface area contributed by atoms with Crippen molar-refractivity contribution >= 4 is 84.8 Å². The molecule has 5 N–H and O–H groups in total. The van der Waals surface area contributed by atoms with Crippen molar-refractivity contribution < 1.29 is 52.8 Å². The van der Waals surface area contributed by atoms with E-state index in [9.17, 15) is 28.8 Å². The highest BCUT2D eigenvalue weighted by atomic mass is 79.9. The number of nitrogens with one attached hydrogen (secondary N) is 2. The van der Waals surface area contributed by atoms with Crippen LogP contribution in [0.5, 0.6) is 0 Å². The highest BCUT2D eigenvalue weighted by Crippen LogP contribution is 2.44. The van der Waals surface area contributed by atoms with Gasteiger partial charge in [-0.15, -0.1) is 12.4 Å². The number of aromatic carboxylic acids is 1. The molecule has 0 saturated carbocycles. The molecule has 4 amide bonds. The van der Waals surface area contributed by atoms with Gasteiger partial charge in [0.25, 0.3) is 12.4 Å². The van der Waals surface area contributed by atoms with E-state index in [4.69, 9.17) is 25.1 Å². The second kappa shape index (κ2) is 37.6. The van der Waals surface area contributed by atoms with Crippen LogP contribution in [0.25, 0.3) is 0 Å². The molecule has 2 unspecified atom stereocenters. The van der Waals surface area contributed by atoms with E-state index in [1.165, 1.54) is 41.8 Å². The molecular formula is C79H113BBrClN11O11. The van der Waals surface area contributed by atoms with Crippen molar-refractivity contribution in [3.8, 4) is 0 Å². The largest absolute Gasteiger partial charge is 0.478 e. The summed E-state index contributed by atoms with van der Waals surface area (Å²) in [6, 6.07) is 23.2. The molecule has 9 heterocycles. The number of carbonyl (C=O) groups is 6. The number of nitrogens with zero attached hydrogens (tertiary/aromatic N) is 8. The number of alkyl carbamates (subject to hydrolysis) is 1. The van der Waals surface area contributed by atoms with Crippen molar-refractivity contribution in [1.82, 2.24) is 40.3 Å². The number of aromatic nitrogens is 3. The minimum Gasteiger partial charge on any atom is -0.478 e. The highest BCUT2D eigenvalue weighted by Gasteiger charge is 2.44. The number of pyridine rings is 3. The fourth-order valence-electron chi connectivity index (χ4n) is 14.4. The molecule has 3 spiro atoms. The lowest BCUT2D eigenvalue weighted by Gasteiger charge is -2.39. The molecule has 5 aromatic rings. The Balaban J connectivity index is 0.000000213. The number of rotatable bonds is 6. The quantitative estimate of drug-likeness (QED) is 0.0699. The zero-order valence-corrected chi connectivity index (χ0v) is 65.8. The Morgan fingerprint density at radius 2 is 0.962 bits per heavy atom. The number of halogens is 2. The van der Waals surface area contributed by atoms with Gasteiger partial charge in [0.05, 0.1) is 11.6 Å². The molecule has 6 fully saturated rings. The predicted molar refractivity (Wildman–Crippen MR) is 414 cm³/mol. The van der Waals surface area contributed by atoms with Crippen molar-refractivity contribution in [2.45, 2.75) is 201 Å². The van der Waals surface area contributed by atoms with Crippen LogP contribution < -0.4 is 26.2 Å². The summed E-state index contributed by atoms with van der Waals surface area (Å²) in [7, 11) is 0. The second-order valence-electron chi connectivity index (χ2n) is 32.4. The lowest BCUT2D eigenvalue weighted by atomic mass is 9.77. The zero-order valence-electron chi connectivity index (χ0n) is 63.4. The van der Waals surface area contributed by atoms with E-state index in [0.29, 0.717) is 33.8 Å². The fraction of sp³-hybridized carbons (Fsp3) is 0.582. The van der Waals surface area contributed by atoms with Gasteiger partial charge in [-0.25, -0.2) is 19.2 Å². The molecule has 2 atom stereocenters. The van der Waals surface area contributed by atoms with Crippen LogP contribution in [-0.2, 0) is 36.6 Å². The first-order valence-electron chi connectivity index (χ1n) is 36.3. The predicted octanol–water partition coefficient (Wildman–Crippen LogP) is 14.2. The first-order valence-corrected chi connectivity index (χ1v) is 37.1. The van der Waals surface area contributed by atoms with Gasteiger partial charge in [-0.1, -0.05) is 28.1 Å². The Bertz CT molecular complexity index is 3560. The first kappa shape index (κ1) is 85.4. The molecule has 25 heteroatoms. The number of carboxylic acids is 1. The van der Waals surface area contributed by atoms with E-state index in [0.717, 1.165) is 158 Å². The molecule has 567 valence electrons. The van der Waals surface area contributed by atoms with Crippen LogP contribution in [0.15, 0.2) is 114 Å². The van der Waals surface area contributed by atoms with E-state index in [2.05, 4.69) is 80.3 Å². The molecule has 6 aliphatic heterocycles.